The molecule has 4 rings (SSSR count). The van der Waals surface area contributed by atoms with Gasteiger partial charge in [-0.25, -0.2) is 4.39 Å². The quantitative estimate of drug-likeness (QED) is 0.763. The number of hydrogen-bond donors (Lipinski definition) is 0. The second kappa shape index (κ2) is 8.61. The molecule has 2 aliphatic rings. The van der Waals surface area contributed by atoms with Crippen molar-refractivity contribution in [2.45, 2.75) is 19.4 Å². The summed E-state index contributed by atoms with van der Waals surface area (Å²) in [4.78, 5) is 10.4. The molecule has 2 fully saturated rings. The maximum atomic E-state index is 13.1. The van der Waals surface area contributed by atoms with E-state index in [-0.39, 0.29) is 5.82 Å². The summed E-state index contributed by atoms with van der Waals surface area (Å²) in [5.74, 6) is -0.173. The molecule has 0 unspecified atom stereocenters. The highest BCUT2D eigenvalue weighted by Crippen LogP contribution is 2.29. The van der Waals surface area contributed by atoms with Crippen LogP contribution in [0.2, 0.25) is 0 Å². The molecule has 3 heterocycles. The lowest BCUT2D eigenvalue weighted by Gasteiger charge is -2.35. The van der Waals surface area contributed by atoms with E-state index in [1.54, 1.807) is 0 Å². The summed E-state index contributed by atoms with van der Waals surface area (Å²) in [7, 11) is 0. The SMILES string of the molecule is Fc1ccc(-c2ccc(CN3CCN(CCN4CCCC4)CC3)s2)cc1. The first-order valence-corrected chi connectivity index (χ1v) is 10.6. The second-order valence-electron chi connectivity index (χ2n) is 7.44. The molecule has 2 aromatic rings. The molecule has 2 saturated heterocycles. The van der Waals surface area contributed by atoms with Crippen LogP contribution < -0.4 is 0 Å². The minimum Gasteiger partial charge on any atom is -0.302 e. The molecule has 0 atom stereocenters. The van der Waals surface area contributed by atoms with Gasteiger partial charge in [0.25, 0.3) is 0 Å². The van der Waals surface area contributed by atoms with Crippen LogP contribution in [0, 0.1) is 5.82 Å². The van der Waals surface area contributed by atoms with Gasteiger partial charge in [0.2, 0.25) is 0 Å². The van der Waals surface area contributed by atoms with Crippen LogP contribution in [-0.4, -0.2) is 67.1 Å². The zero-order valence-electron chi connectivity index (χ0n) is 15.4. The van der Waals surface area contributed by atoms with Gasteiger partial charge in [-0.05, 0) is 55.8 Å². The molecule has 0 spiro atoms. The molecule has 1 aromatic heterocycles. The van der Waals surface area contributed by atoms with Crippen molar-refractivity contribution in [1.29, 1.82) is 0 Å². The van der Waals surface area contributed by atoms with Crippen molar-refractivity contribution in [1.82, 2.24) is 14.7 Å². The predicted octanol–water partition coefficient (Wildman–Crippen LogP) is 3.77. The Morgan fingerprint density at radius 1 is 0.731 bits per heavy atom. The molecular formula is C21H28FN3S. The summed E-state index contributed by atoms with van der Waals surface area (Å²) in [6, 6.07) is 11.2. The number of nitrogens with zero attached hydrogens (tertiary/aromatic N) is 3. The molecule has 0 aliphatic carbocycles. The highest BCUT2D eigenvalue weighted by Gasteiger charge is 2.19. The highest BCUT2D eigenvalue weighted by molar-refractivity contribution is 7.15. The van der Waals surface area contributed by atoms with Gasteiger partial charge >= 0.3 is 0 Å². The Morgan fingerprint density at radius 3 is 2.04 bits per heavy atom. The minimum absolute atomic E-state index is 0.173. The van der Waals surface area contributed by atoms with E-state index in [1.807, 2.05) is 23.5 Å². The van der Waals surface area contributed by atoms with Crippen molar-refractivity contribution < 1.29 is 4.39 Å². The Labute approximate surface area is 160 Å². The lowest BCUT2D eigenvalue weighted by Crippen LogP contribution is -2.47. The van der Waals surface area contributed by atoms with E-state index in [0.29, 0.717) is 0 Å². The van der Waals surface area contributed by atoms with Crippen LogP contribution in [0.15, 0.2) is 36.4 Å². The normalized spacial score (nSPS) is 20.0. The van der Waals surface area contributed by atoms with Gasteiger partial charge in [0.15, 0.2) is 0 Å². The van der Waals surface area contributed by atoms with Crippen molar-refractivity contribution in [3.63, 3.8) is 0 Å². The van der Waals surface area contributed by atoms with Crippen LogP contribution in [0.4, 0.5) is 4.39 Å². The minimum atomic E-state index is -0.173. The lowest BCUT2D eigenvalue weighted by molar-refractivity contribution is 0.118. The number of hydrogen-bond acceptors (Lipinski definition) is 4. The second-order valence-corrected chi connectivity index (χ2v) is 8.61. The van der Waals surface area contributed by atoms with Crippen LogP contribution in [0.25, 0.3) is 10.4 Å². The fourth-order valence-corrected chi connectivity index (χ4v) is 4.97. The van der Waals surface area contributed by atoms with Crippen molar-refractivity contribution in [3.05, 3.63) is 47.1 Å². The van der Waals surface area contributed by atoms with Crippen LogP contribution in [-0.2, 0) is 6.54 Å². The maximum Gasteiger partial charge on any atom is 0.123 e. The van der Waals surface area contributed by atoms with Gasteiger partial charge in [-0.15, -0.1) is 11.3 Å². The lowest BCUT2D eigenvalue weighted by atomic mass is 10.2. The number of likely N-dealkylation sites (tertiary alicyclic amines) is 1. The summed E-state index contributed by atoms with van der Waals surface area (Å²) in [5, 5.41) is 0. The van der Waals surface area contributed by atoms with E-state index >= 15 is 0 Å². The summed E-state index contributed by atoms with van der Waals surface area (Å²) >= 11 is 1.83. The number of piperazine rings is 1. The van der Waals surface area contributed by atoms with Crippen LogP contribution in [0.5, 0.6) is 0 Å². The molecular weight excluding hydrogens is 345 g/mol. The van der Waals surface area contributed by atoms with Crippen molar-refractivity contribution in [3.8, 4) is 10.4 Å². The molecule has 0 radical (unpaired) electrons. The van der Waals surface area contributed by atoms with E-state index in [1.165, 1.54) is 74.0 Å². The van der Waals surface area contributed by atoms with Gasteiger partial charge in [-0.1, -0.05) is 12.1 Å². The van der Waals surface area contributed by atoms with Gasteiger partial charge in [0, 0.05) is 55.6 Å². The highest BCUT2D eigenvalue weighted by atomic mass is 32.1. The van der Waals surface area contributed by atoms with Gasteiger partial charge < -0.3 is 4.90 Å². The first-order chi connectivity index (χ1) is 12.8. The van der Waals surface area contributed by atoms with Crippen molar-refractivity contribution in [2.75, 3.05) is 52.4 Å². The molecule has 140 valence electrons. The van der Waals surface area contributed by atoms with E-state index in [2.05, 4.69) is 26.8 Å². The monoisotopic (exact) mass is 373 g/mol. The van der Waals surface area contributed by atoms with Gasteiger partial charge in [-0.3, -0.25) is 9.80 Å². The van der Waals surface area contributed by atoms with Gasteiger partial charge in [-0.2, -0.15) is 0 Å². The molecule has 2 aliphatic heterocycles. The molecule has 3 nitrogen and oxygen atoms in total. The summed E-state index contributed by atoms with van der Waals surface area (Å²) in [5.41, 5.74) is 1.11. The van der Waals surface area contributed by atoms with Crippen molar-refractivity contribution >= 4 is 11.3 Å². The predicted molar refractivity (Wildman–Crippen MR) is 107 cm³/mol. The van der Waals surface area contributed by atoms with E-state index < -0.39 is 0 Å². The Kier molecular flexibility index (Phi) is 6.00. The van der Waals surface area contributed by atoms with Gasteiger partial charge in [0.1, 0.15) is 5.82 Å². The first kappa shape index (κ1) is 18.1. The molecule has 26 heavy (non-hydrogen) atoms. The first-order valence-electron chi connectivity index (χ1n) is 9.78. The van der Waals surface area contributed by atoms with Crippen LogP contribution in [0.3, 0.4) is 0 Å². The maximum absolute atomic E-state index is 13.1. The molecule has 5 heteroatoms. The third-order valence-corrected chi connectivity index (χ3v) is 6.68. The number of benzene rings is 1. The van der Waals surface area contributed by atoms with E-state index in [4.69, 9.17) is 0 Å². The average Bonchev–Trinajstić information content (AvgIpc) is 3.34. The number of rotatable bonds is 6. The topological polar surface area (TPSA) is 9.72 Å². The Balaban J connectivity index is 1.23. The van der Waals surface area contributed by atoms with Gasteiger partial charge in [0.05, 0.1) is 0 Å². The van der Waals surface area contributed by atoms with Crippen molar-refractivity contribution in [2.24, 2.45) is 0 Å². The summed E-state index contributed by atoms with van der Waals surface area (Å²) in [6.45, 7) is 10.8. The molecule has 1 aromatic carbocycles. The molecule has 0 N–H and O–H groups in total. The fourth-order valence-electron chi connectivity index (χ4n) is 3.91. The summed E-state index contributed by atoms with van der Waals surface area (Å²) in [6.07, 6.45) is 2.77. The Bertz CT molecular complexity index is 686. The number of thiophene rings is 1. The zero-order chi connectivity index (χ0) is 17.8. The number of halogens is 1. The Hall–Kier alpha value is -1.27. The third-order valence-electron chi connectivity index (χ3n) is 5.57. The third kappa shape index (κ3) is 4.71. The summed E-state index contributed by atoms with van der Waals surface area (Å²) < 4.78 is 13.1. The van der Waals surface area contributed by atoms with E-state index in [0.717, 1.165) is 25.2 Å². The fraction of sp³-hybridized carbons (Fsp3) is 0.524. The van der Waals surface area contributed by atoms with Crippen LogP contribution >= 0.6 is 11.3 Å². The van der Waals surface area contributed by atoms with Crippen LogP contribution in [0.1, 0.15) is 17.7 Å². The smallest absolute Gasteiger partial charge is 0.123 e. The average molecular weight is 374 g/mol. The standard InChI is InChI=1S/C21H28FN3S/c22-19-5-3-18(4-6-19)21-8-7-20(26-21)17-25-15-13-24(14-16-25)12-11-23-9-1-2-10-23/h3-8H,1-2,9-17H2. The zero-order valence-corrected chi connectivity index (χ0v) is 16.2. The largest absolute Gasteiger partial charge is 0.302 e. The molecule has 0 saturated carbocycles. The molecule has 0 amide bonds. The molecule has 0 bridgehead atoms. The van der Waals surface area contributed by atoms with E-state index in [9.17, 15) is 4.39 Å². The Morgan fingerprint density at radius 2 is 1.35 bits per heavy atom.